The molecule has 15 nitrogen and oxygen atoms in total. The number of rotatable bonds is 19. The minimum atomic E-state index is -1.66. The molecule has 0 unspecified atom stereocenters. The van der Waals surface area contributed by atoms with E-state index in [0.29, 0.717) is 45.8 Å². The lowest BCUT2D eigenvalue weighted by molar-refractivity contribution is -0.109. The van der Waals surface area contributed by atoms with Gasteiger partial charge in [0.05, 0.1) is 46.9 Å². The second-order valence-electron chi connectivity index (χ2n) is 23.3. The Labute approximate surface area is 481 Å². The summed E-state index contributed by atoms with van der Waals surface area (Å²) < 4.78 is 20.9. The van der Waals surface area contributed by atoms with Gasteiger partial charge in [-0.2, -0.15) is 0 Å². The first kappa shape index (κ1) is 67.4. The fraction of sp³-hybridized carbons (Fsp3) is 0.459. The number of aldehydes is 1. The average Bonchev–Trinajstić information content (AvgIpc) is 3.96. The molecule has 432 valence electrons. The van der Waals surface area contributed by atoms with Gasteiger partial charge in [0.15, 0.2) is 8.32 Å². The van der Waals surface area contributed by atoms with Crippen LogP contribution in [0.25, 0.3) is 22.5 Å². The summed E-state index contributed by atoms with van der Waals surface area (Å²) in [6.45, 7) is 32.7. The van der Waals surface area contributed by atoms with Crippen molar-refractivity contribution < 1.29 is 33.4 Å². The maximum absolute atomic E-state index is 12.8. The molecule has 0 radical (unpaired) electrons. The van der Waals surface area contributed by atoms with Gasteiger partial charge in [0.1, 0.15) is 29.4 Å². The zero-order valence-corrected chi connectivity index (χ0v) is 51.4. The minimum Gasteiger partial charge on any atom is -0.489 e. The van der Waals surface area contributed by atoms with E-state index in [1.54, 1.807) is 41.4 Å². The number of ether oxygens (including phenoxy) is 2. The van der Waals surface area contributed by atoms with E-state index >= 15 is 0 Å². The number of amides is 2. The molecule has 0 spiro atoms. The third kappa shape index (κ3) is 20.6. The third-order valence-electron chi connectivity index (χ3n) is 12.5. The zero-order valence-electron chi connectivity index (χ0n) is 48.9. The number of halogens is 2. The third-order valence-corrected chi connectivity index (χ3v) is 17.6. The number of aryl methyl sites for hydroxylation is 2. The highest BCUT2D eigenvalue weighted by atomic mass is 35.5. The maximum Gasteiger partial charge on any atom is 0.265 e. The number of hydrazine groups is 2. The van der Waals surface area contributed by atoms with Crippen LogP contribution >= 0.6 is 23.2 Å². The van der Waals surface area contributed by atoms with Crippen molar-refractivity contribution >= 4 is 49.6 Å². The lowest BCUT2D eigenvalue weighted by Crippen LogP contribution is -2.43. The molecule has 0 saturated heterocycles. The van der Waals surface area contributed by atoms with Gasteiger partial charge in [-0.15, -0.1) is 0 Å². The summed E-state index contributed by atoms with van der Waals surface area (Å²) >= 11 is 12.5. The number of nitrogens with zero attached hydrogens (tertiary/aromatic N) is 5. The standard InChI is InChI=1S/C27H35ClN4O3.C25H31ClN4O2.C8H18O2Si.CH4/c1-18(2)35-24-12-11-21(15-22(24)28)25(34)30-32(13-14-33)16-19-7-9-20(10-8-19)23-17-31(6)26(29-23)27(3,4)5;1-16(2)32-22-12-11-19(13-20(22)26)23(31)29-27-14-17-7-9-18(10-8-17)21-15-30(6)24(28-21)25(3,4)5;1-8(2,3)11(4,5)10-7-6-9;/h7-12,15,17-18,33H,13-14,16H2,1-6H3,(H,30,34);7-13,15-16,27H,14H2,1-6H3,(H,29,31);6H,7H2,1-5H3;1H4. The summed E-state index contributed by atoms with van der Waals surface area (Å²) in [6, 6.07) is 26.1. The van der Waals surface area contributed by atoms with E-state index in [1.165, 1.54) is 0 Å². The molecule has 79 heavy (non-hydrogen) atoms. The van der Waals surface area contributed by atoms with Crippen LogP contribution in [-0.4, -0.2) is 87.6 Å². The quantitative estimate of drug-likeness (QED) is 0.0345. The molecule has 6 aromatic rings. The highest BCUT2D eigenvalue weighted by molar-refractivity contribution is 6.74. The number of carbonyl (C=O) groups is 3. The largest absolute Gasteiger partial charge is 0.489 e. The number of imidazole rings is 2. The van der Waals surface area contributed by atoms with E-state index in [-0.39, 0.29) is 67.1 Å². The van der Waals surface area contributed by atoms with Crippen LogP contribution in [0, 0.1) is 0 Å². The minimum absolute atomic E-state index is 0. The van der Waals surface area contributed by atoms with Crippen LogP contribution in [0.1, 0.15) is 141 Å². The molecule has 4 N–H and O–H groups in total. The van der Waals surface area contributed by atoms with E-state index in [4.69, 9.17) is 47.1 Å². The molecular formula is C61H88Cl2N8O7Si. The van der Waals surface area contributed by atoms with Gasteiger partial charge >= 0.3 is 0 Å². The van der Waals surface area contributed by atoms with Gasteiger partial charge < -0.3 is 32.9 Å². The fourth-order valence-electron chi connectivity index (χ4n) is 7.64. The molecule has 2 amide bonds. The van der Waals surface area contributed by atoms with Gasteiger partial charge in [-0.25, -0.2) is 20.4 Å². The molecule has 6 rings (SSSR count). The summed E-state index contributed by atoms with van der Waals surface area (Å²) in [5.74, 6) is 2.60. The topological polar surface area (TPSA) is 174 Å². The SMILES string of the molecule is C.CC(C)(C)[Si](C)(C)OCC=O.CC(C)Oc1ccc(C(=O)NN(CCO)Cc2ccc(-c3cn(C)c(C(C)(C)C)n3)cc2)cc1Cl.CC(C)Oc1ccc(C(=O)NNCc2ccc(-c3cn(C)c(C(C)(C)C)n3)cc2)cc1Cl. The lowest BCUT2D eigenvalue weighted by Gasteiger charge is -2.35. The smallest absolute Gasteiger partial charge is 0.265 e. The fourth-order valence-corrected chi connectivity index (χ4v) is 9.01. The molecule has 2 aromatic heterocycles. The molecule has 0 atom stereocenters. The van der Waals surface area contributed by atoms with Crippen LogP contribution in [0.2, 0.25) is 28.2 Å². The normalized spacial score (nSPS) is 11.8. The molecule has 0 aliphatic heterocycles. The van der Waals surface area contributed by atoms with E-state index in [9.17, 15) is 19.5 Å². The molecule has 4 aromatic carbocycles. The number of benzene rings is 4. The first-order valence-corrected chi connectivity index (χ1v) is 30.0. The Morgan fingerprint density at radius 3 is 1.49 bits per heavy atom. The van der Waals surface area contributed by atoms with Crippen LogP contribution in [0.4, 0.5) is 0 Å². The van der Waals surface area contributed by atoms with Gasteiger partial charge in [-0.1, -0.05) is 141 Å². The van der Waals surface area contributed by atoms with E-state index in [1.807, 2.05) is 96.5 Å². The predicted octanol–water partition coefficient (Wildman–Crippen LogP) is 13.1. The first-order chi connectivity index (χ1) is 36.3. The van der Waals surface area contributed by atoms with Crippen LogP contribution in [0.3, 0.4) is 0 Å². The van der Waals surface area contributed by atoms with Crippen LogP contribution in [0.5, 0.6) is 11.5 Å². The van der Waals surface area contributed by atoms with Crippen LogP contribution in [0.15, 0.2) is 97.3 Å². The summed E-state index contributed by atoms with van der Waals surface area (Å²) in [6.07, 6.45) is 4.91. The number of aromatic nitrogens is 4. The number of aliphatic hydroxyl groups excluding tert-OH is 1. The molecule has 0 aliphatic carbocycles. The molecule has 0 saturated carbocycles. The van der Waals surface area contributed by atoms with Crippen LogP contribution in [-0.2, 0) is 47.2 Å². The Hall–Kier alpha value is -5.85. The number of aliphatic hydroxyl groups is 1. The van der Waals surface area contributed by atoms with E-state index < -0.39 is 8.32 Å². The number of hydrogen-bond donors (Lipinski definition) is 4. The van der Waals surface area contributed by atoms with Crippen molar-refractivity contribution in [3.8, 4) is 34.0 Å². The Morgan fingerprint density at radius 2 is 1.13 bits per heavy atom. The highest BCUT2D eigenvalue weighted by Crippen LogP contribution is 2.36. The van der Waals surface area contributed by atoms with Gasteiger partial charge in [0.25, 0.3) is 11.8 Å². The van der Waals surface area contributed by atoms with Crippen LogP contribution < -0.4 is 25.8 Å². The van der Waals surface area contributed by atoms with Crippen molar-refractivity contribution in [3.05, 3.63) is 141 Å². The second kappa shape index (κ2) is 29.6. The summed E-state index contributed by atoms with van der Waals surface area (Å²) in [5.41, 5.74) is 15.3. The summed E-state index contributed by atoms with van der Waals surface area (Å²) in [4.78, 5) is 44.9. The summed E-state index contributed by atoms with van der Waals surface area (Å²) in [5, 5.41) is 12.2. The highest BCUT2D eigenvalue weighted by Gasteiger charge is 2.37. The summed E-state index contributed by atoms with van der Waals surface area (Å²) in [7, 11) is 2.38. The monoisotopic (exact) mass is 1140 g/mol. The molecule has 0 fully saturated rings. The number of hydrogen-bond acceptors (Lipinski definition) is 11. The van der Waals surface area contributed by atoms with Gasteiger partial charge in [-0.05, 0) is 93.4 Å². The van der Waals surface area contributed by atoms with Gasteiger partial charge in [0, 0.05) is 79.2 Å². The molecule has 18 heteroatoms. The van der Waals surface area contributed by atoms with Gasteiger partial charge in [-0.3, -0.25) is 20.4 Å². The predicted molar refractivity (Wildman–Crippen MR) is 324 cm³/mol. The van der Waals surface area contributed by atoms with E-state index in [2.05, 4.69) is 107 Å². The maximum atomic E-state index is 12.8. The van der Waals surface area contributed by atoms with Crippen molar-refractivity contribution in [2.75, 3.05) is 19.8 Å². The van der Waals surface area contributed by atoms with Crippen molar-refractivity contribution in [1.29, 1.82) is 0 Å². The number of nitrogens with one attached hydrogen (secondary N) is 3. The zero-order chi connectivity index (χ0) is 58.3. The Morgan fingerprint density at radius 1 is 0.696 bits per heavy atom. The van der Waals surface area contributed by atoms with E-state index in [0.717, 1.165) is 51.6 Å². The molecular weight excluding hydrogens is 1060 g/mol. The molecule has 2 heterocycles. The molecule has 0 aliphatic rings. The van der Waals surface area contributed by atoms with Crippen molar-refractivity contribution in [3.63, 3.8) is 0 Å². The number of carbonyl (C=O) groups excluding carboxylic acids is 3. The van der Waals surface area contributed by atoms with Crippen molar-refractivity contribution in [1.82, 2.24) is 40.4 Å². The average molecular weight is 1140 g/mol. The van der Waals surface area contributed by atoms with Crippen molar-refractivity contribution in [2.45, 2.75) is 152 Å². The molecule has 0 bridgehead atoms. The Kier molecular flexibility index (Phi) is 25.2. The Bertz CT molecular complexity index is 2900. The van der Waals surface area contributed by atoms with Crippen molar-refractivity contribution in [2.24, 2.45) is 14.1 Å². The second-order valence-corrected chi connectivity index (χ2v) is 28.9. The lowest BCUT2D eigenvalue weighted by atomic mass is 9.96. The Balaban J connectivity index is 0.000000347. The van der Waals surface area contributed by atoms with Gasteiger partial charge in [0.2, 0.25) is 0 Å². The first-order valence-electron chi connectivity index (χ1n) is 26.3.